The Labute approximate surface area is 189 Å². The lowest BCUT2D eigenvalue weighted by Gasteiger charge is -2.22. The number of hydrogen-bond acceptors (Lipinski definition) is 9. The van der Waals surface area contributed by atoms with Crippen LogP contribution in [-0.2, 0) is 28.8 Å². The van der Waals surface area contributed by atoms with Gasteiger partial charge in [-0.25, -0.2) is 4.79 Å². The first-order valence-corrected chi connectivity index (χ1v) is 9.93. The summed E-state index contributed by atoms with van der Waals surface area (Å²) in [6.45, 7) is 0.809. The molecule has 0 aromatic heterocycles. The van der Waals surface area contributed by atoms with Crippen LogP contribution in [0, 0.1) is 5.92 Å². The van der Waals surface area contributed by atoms with E-state index in [4.69, 9.17) is 21.1 Å². The van der Waals surface area contributed by atoms with Crippen molar-refractivity contribution in [1.82, 2.24) is 21.3 Å². The van der Waals surface area contributed by atoms with Crippen LogP contribution in [0.25, 0.3) is 0 Å². The van der Waals surface area contributed by atoms with Gasteiger partial charge in [0.2, 0.25) is 23.6 Å². The van der Waals surface area contributed by atoms with Crippen LogP contribution in [0.2, 0.25) is 0 Å². The lowest BCUT2D eigenvalue weighted by molar-refractivity contribution is -0.143. The minimum absolute atomic E-state index is 0.257. The number of nitrogens with two attached hydrogens (primary N) is 1. The van der Waals surface area contributed by atoms with Gasteiger partial charge >= 0.3 is 11.9 Å². The Morgan fingerprint density at radius 2 is 1.33 bits per heavy atom. The fourth-order valence-corrected chi connectivity index (χ4v) is 2.30. The Morgan fingerprint density at radius 1 is 0.788 bits per heavy atom. The van der Waals surface area contributed by atoms with Gasteiger partial charge in [-0.15, -0.1) is 0 Å². The molecule has 0 aliphatic rings. The average Bonchev–Trinajstić information content (AvgIpc) is 2.75. The van der Waals surface area contributed by atoms with Gasteiger partial charge in [0.25, 0.3) is 0 Å². The first-order valence-electron chi connectivity index (χ1n) is 9.93. The molecular weight excluding hydrogens is 446 g/mol. The summed E-state index contributed by atoms with van der Waals surface area (Å²) < 4.78 is 0. The zero-order valence-electron chi connectivity index (χ0n) is 18.2. The number of aliphatic hydroxyl groups is 2. The van der Waals surface area contributed by atoms with Crippen LogP contribution in [0.5, 0.6) is 0 Å². The molecule has 4 atom stereocenters. The van der Waals surface area contributed by atoms with Gasteiger partial charge in [-0.2, -0.15) is 0 Å². The molecule has 0 aromatic rings. The second-order valence-electron chi connectivity index (χ2n) is 7.37. The third-order valence-electron chi connectivity index (χ3n) is 4.36. The lowest BCUT2D eigenvalue weighted by atomic mass is 10.0. The first-order chi connectivity index (χ1) is 15.3. The molecule has 4 amide bonds. The molecule has 0 bridgehead atoms. The van der Waals surface area contributed by atoms with E-state index in [1.165, 1.54) is 0 Å². The third kappa shape index (κ3) is 11.2. The number of aliphatic hydroxyl groups excluding tert-OH is 2. The van der Waals surface area contributed by atoms with Gasteiger partial charge in [-0.05, 0) is 12.3 Å². The topological polar surface area (TPSA) is 257 Å². The van der Waals surface area contributed by atoms with E-state index >= 15 is 0 Å². The number of nitrogens with one attached hydrogen (secondary N) is 4. The monoisotopic (exact) mass is 477 g/mol. The van der Waals surface area contributed by atoms with Crippen molar-refractivity contribution in [2.24, 2.45) is 11.7 Å². The van der Waals surface area contributed by atoms with E-state index in [2.05, 4.69) is 16.0 Å². The predicted molar refractivity (Wildman–Crippen MR) is 110 cm³/mol. The van der Waals surface area contributed by atoms with Crippen molar-refractivity contribution in [3.63, 3.8) is 0 Å². The van der Waals surface area contributed by atoms with Gasteiger partial charge in [0, 0.05) is 6.42 Å². The van der Waals surface area contributed by atoms with Crippen LogP contribution in [0.1, 0.15) is 26.7 Å². The Morgan fingerprint density at radius 3 is 1.79 bits per heavy atom. The van der Waals surface area contributed by atoms with E-state index in [-0.39, 0.29) is 12.3 Å². The highest BCUT2D eigenvalue weighted by Gasteiger charge is 2.28. The molecule has 0 radical (unpaired) electrons. The molecule has 33 heavy (non-hydrogen) atoms. The van der Waals surface area contributed by atoms with Crippen LogP contribution < -0.4 is 27.0 Å². The van der Waals surface area contributed by atoms with Crippen molar-refractivity contribution in [2.45, 2.75) is 50.9 Å². The summed E-state index contributed by atoms with van der Waals surface area (Å²) in [6.07, 6.45) is -0.734. The van der Waals surface area contributed by atoms with Gasteiger partial charge in [0.1, 0.15) is 18.1 Å². The zero-order chi connectivity index (χ0) is 25.7. The van der Waals surface area contributed by atoms with Gasteiger partial charge < -0.3 is 47.4 Å². The van der Waals surface area contributed by atoms with Gasteiger partial charge in [-0.3, -0.25) is 24.0 Å². The Balaban J connectivity index is 4.98. The number of carboxylic acid groups (broad SMARTS) is 2. The van der Waals surface area contributed by atoms with E-state index in [0.29, 0.717) is 0 Å². The molecule has 0 saturated heterocycles. The number of hydrogen-bond donors (Lipinski definition) is 9. The van der Waals surface area contributed by atoms with E-state index < -0.39 is 85.9 Å². The average molecular weight is 477 g/mol. The van der Waals surface area contributed by atoms with Crippen LogP contribution in [-0.4, -0.2) is 99.9 Å². The van der Waals surface area contributed by atoms with Crippen molar-refractivity contribution in [3.05, 3.63) is 0 Å². The number of carboxylic acids is 2. The Bertz CT molecular complexity index is 729. The van der Waals surface area contributed by atoms with Crippen LogP contribution in [0.15, 0.2) is 0 Å². The summed E-state index contributed by atoms with van der Waals surface area (Å²) in [7, 11) is 0. The molecule has 0 aliphatic heterocycles. The molecule has 0 saturated carbocycles. The maximum Gasteiger partial charge on any atom is 0.328 e. The minimum Gasteiger partial charge on any atom is -0.481 e. The van der Waals surface area contributed by atoms with Gasteiger partial charge in [-0.1, -0.05) is 13.8 Å². The quantitative estimate of drug-likeness (QED) is 0.108. The molecule has 0 fully saturated rings. The van der Waals surface area contributed by atoms with Gasteiger partial charge in [0.15, 0.2) is 0 Å². The molecule has 10 N–H and O–H groups in total. The van der Waals surface area contributed by atoms with Crippen LogP contribution in [0.4, 0.5) is 0 Å². The largest absolute Gasteiger partial charge is 0.481 e. The lowest BCUT2D eigenvalue weighted by Crippen LogP contribution is -2.56. The number of carbonyl (C=O) groups excluding carboxylic acids is 4. The Hall–Kier alpha value is -3.30. The molecule has 0 aliphatic carbocycles. The predicted octanol–water partition coefficient (Wildman–Crippen LogP) is -4.53. The smallest absolute Gasteiger partial charge is 0.328 e. The standard InChI is InChI=1S/C18H31N5O10/c1-8(2)14(19)17(31)22-9(3-4-13(27)28)15(29)20-5-12(26)21-10(6-24)16(30)23-11(7-25)18(32)33/h8-11,14,24-25H,3-7,19H2,1-2H3,(H,20,29)(H,21,26)(H,22,31)(H,23,30)(H,27,28)(H,32,33)/t9-,10-,11-,14-/m0/s1. The molecule has 188 valence electrons. The SMILES string of the molecule is CC(C)[C@H](N)C(=O)N[C@@H](CCC(=O)O)C(=O)NCC(=O)N[C@@H](CO)C(=O)N[C@@H](CO)C(=O)O. The molecule has 0 spiro atoms. The van der Waals surface area contributed by atoms with Gasteiger partial charge in [0.05, 0.1) is 25.8 Å². The van der Waals surface area contributed by atoms with E-state index in [1.807, 2.05) is 5.32 Å². The zero-order valence-corrected chi connectivity index (χ0v) is 18.2. The van der Waals surface area contributed by atoms with E-state index in [0.717, 1.165) is 0 Å². The summed E-state index contributed by atoms with van der Waals surface area (Å²) >= 11 is 0. The molecule has 0 heterocycles. The number of amides is 4. The van der Waals surface area contributed by atoms with E-state index in [1.54, 1.807) is 13.8 Å². The third-order valence-corrected chi connectivity index (χ3v) is 4.36. The summed E-state index contributed by atoms with van der Waals surface area (Å²) in [4.78, 5) is 70.2. The van der Waals surface area contributed by atoms with Crippen LogP contribution >= 0.6 is 0 Å². The Kier molecular flexibility index (Phi) is 13.2. The molecule has 0 rings (SSSR count). The first kappa shape index (κ1) is 29.7. The highest BCUT2D eigenvalue weighted by molar-refractivity contribution is 5.94. The highest BCUT2D eigenvalue weighted by atomic mass is 16.4. The summed E-state index contributed by atoms with van der Waals surface area (Å²) in [5.41, 5.74) is 5.71. The molecule has 0 aromatic carbocycles. The molecule has 15 nitrogen and oxygen atoms in total. The second kappa shape index (κ2) is 14.7. The molecule has 15 heteroatoms. The normalized spacial score (nSPS) is 14.4. The number of rotatable bonds is 15. The van der Waals surface area contributed by atoms with Crippen LogP contribution in [0.3, 0.4) is 0 Å². The second-order valence-corrected chi connectivity index (χ2v) is 7.37. The fourth-order valence-electron chi connectivity index (χ4n) is 2.30. The number of carbonyl (C=O) groups is 6. The number of aliphatic carboxylic acids is 2. The maximum atomic E-state index is 12.4. The molecule has 0 unspecified atom stereocenters. The van der Waals surface area contributed by atoms with E-state index in [9.17, 15) is 33.9 Å². The van der Waals surface area contributed by atoms with Crippen molar-refractivity contribution in [2.75, 3.05) is 19.8 Å². The summed E-state index contributed by atoms with van der Waals surface area (Å²) in [6, 6.07) is -5.48. The van der Waals surface area contributed by atoms with Crippen molar-refractivity contribution >= 4 is 35.6 Å². The highest BCUT2D eigenvalue weighted by Crippen LogP contribution is 2.03. The maximum absolute atomic E-state index is 12.4. The van der Waals surface area contributed by atoms with Crippen molar-refractivity contribution in [1.29, 1.82) is 0 Å². The van der Waals surface area contributed by atoms with Crippen molar-refractivity contribution < 1.29 is 49.2 Å². The summed E-state index contributed by atoms with van der Waals surface area (Å²) in [5, 5.41) is 44.3. The fraction of sp³-hybridized carbons (Fsp3) is 0.667. The van der Waals surface area contributed by atoms with Crippen molar-refractivity contribution in [3.8, 4) is 0 Å². The minimum atomic E-state index is -1.65. The summed E-state index contributed by atoms with van der Waals surface area (Å²) in [5.74, 6) is -6.61. The molecular formula is C18H31N5O10.